The molecule has 0 spiro atoms. The molecule has 2 aromatic rings. The van der Waals surface area contributed by atoms with Crippen LogP contribution in [0.1, 0.15) is 27.2 Å². The van der Waals surface area contributed by atoms with E-state index in [9.17, 15) is 13.5 Å². The van der Waals surface area contributed by atoms with E-state index in [4.69, 9.17) is 0 Å². The smallest absolute Gasteiger partial charge is 0.241 e. The van der Waals surface area contributed by atoms with Gasteiger partial charge in [0, 0.05) is 18.1 Å². The summed E-state index contributed by atoms with van der Waals surface area (Å²) in [7, 11) is -3.63. The van der Waals surface area contributed by atoms with Crippen molar-refractivity contribution in [2.45, 2.75) is 38.2 Å². The lowest BCUT2D eigenvalue weighted by molar-refractivity contribution is 0.131. The van der Waals surface area contributed by atoms with E-state index in [1.807, 2.05) is 13.8 Å². The van der Waals surface area contributed by atoms with Gasteiger partial charge in [-0.3, -0.25) is 4.98 Å². The van der Waals surface area contributed by atoms with Crippen molar-refractivity contribution in [3.63, 3.8) is 0 Å². The normalized spacial score (nSPS) is 14.2. The number of pyridine rings is 1. The van der Waals surface area contributed by atoms with Crippen LogP contribution in [0.25, 0.3) is 10.9 Å². The summed E-state index contributed by atoms with van der Waals surface area (Å²) in [5.41, 5.74) is 0.318. The van der Waals surface area contributed by atoms with Crippen LogP contribution >= 0.6 is 0 Å². The predicted molar refractivity (Wildman–Crippen MR) is 87.0 cm³/mol. The van der Waals surface area contributed by atoms with Crippen molar-refractivity contribution in [3.05, 3.63) is 36.5 Å². The molecular formula is C16H22N2O3S. The third kappa shape index (κ3) is 4.03. The molecule has 0 aliphatic carbocycles. The molecule has 0 saturated heterocycles. The maximum Gasteiger partial charge on any atom is 0.241 e. The minimum Gasteiger partial charge on any atom is -0.393 e. The van der Waals surface area contributed by atoms with Crippen LogP contribution < -0.4 is 4.72 Å². The molecule has 0 bridgehead atoms. The predicted octanol–water partition coefficient (Wildman–Crippen LogP) is 2.31. The molecule has 22 heavy (non-hydrogen) atoms. The maximum absolute atomic E-state index is 12.6. The third-order valence-corrected chi connectivity index (χ3v) is 4.94. The van der Waals surface area contributed by atoms with Gasteiger partial charge in [-0.25, -0.2) is 13.1 Å². The molecule has 0 saturated carbocycles. The zero-order valence-corrected chi connectivity index (χ0v) is 13.9. The van der Waals surface area contributed by atoms with Crippen molar-refractivity contribution >= 4 is 20.9 Å². The lowest BCUT2D eigenvalue weighted by atomic mass is 9.87. The summed E-state index contributed by atoms with van der Waals surface area (Å²) < 4.78 is 27.8. The van der Waals surface area contributed by atoms with E-state index in [0.717, 1.165) is 0 Å². The molecule has 0 fully saturated rings. The Morgan fingerprint density at radius 1 is 1.27 bits per heavy atom. The number of aromatic nitrogens is 1. The Labute approximate surface area is 131 Å². The number of sulfonamides is 1. The van der Waals surface area contributed by atoms with Crippen molar-refractivity contribution in [2.75, 3.05) is 6.54 Å². The minimum atomic E-state index is -3.63. The van der Waals surface area contributed by atoms with Gasteiger partial charge in [-0.15, -0.1) is 0 Å². The molecule has 0 radical (unpaired) electrons. The van der Waals surface area contributed by atoms with Gasteiger partial charge in [0.1, 0.15) is 0 Å². The molecule has 120 valence electrons. The number of rotatable bonds is 6. The number of nitrogens with zero attached hydrogens (tertiary/aromatic N) is 1. The monoisotopic (exact) mass is 322 g/mol. The Morgan fingerprint density at radius 2 is 2.00 bits per heavy atom. The Bertz CT molecular complexity index is 750. The molecule has 6 heteroatoms. The number of fused-ring (bicyclic) bond motifs is 1. The molecule has 0 aliphatic rings. The number of hydrogen-bond acceptors (Lipinski definition) is 4. The second kappa shape index (κ2) is 6.32. The largest absolute Gasteiger partial charge is 0.393 e. The van der Waals surface area contributed by atoms with Gasteiger partial charge < -0.3 is 5.11 Å². The Morgan fingerprint density at radius 3 is 2.68 bits per heavy atom. The second-order valence-electron chi connectivity index (χ2n) is 6.37. The van der Waals surface area contributed by atoms with E-state index in [-0.39, 0.29) is 16.9 Å². The van der Waals surface area contributed by atoms with Gasteiger partial charge in [0.2, 0.25) is 10.0 Å². The maximum atomic E-state index is 12.6. The molecule has 2 N–H and O–H groups in total. The fourth-order valence-electron chi connectivity index (χ4n) is 2.55. The summed E-state index contributed by atoms with van der Waals surface area (Å²) in [5, 5.41) is 10.1. The van der Waals surface area contributed by atoms with Crippen LogP contribution in [0.5, 0.6) is 0 Å². The van der Waals surface area contributed by atoms with Crippen molar-refractivity contribution in [2.24, 2.45) is 5.41 Å². The highest BCUT2D eigenvalue weighted by Crippen LogP contribution is 2.24. The molecule has 1 aromatic carbocycles. The fraction of sp³-hybridized carbons (Fsp3) is 0.438. The van der Waals surface area contributed by atoms with E-state index in [2.05, 4.69) is 9.71 Å². The van der Waals surface area contributed by atoms with Crippen LogP contribution in [0, 0.1) is 5.41 Å². The standard InChI is InChI=1S/C16H22N2O3S/c1-12(19)10-16(2,3)11-18-22(20,21)15-8-4-7-14-13(15)6-5-9-17-14/h4-9,12,18-19H,10-11H2,1-3H3/t12-/m1/s1. The van der Waals surface area contributed by atoms with E-state index < -0.39 is 16.1 Å². The van der Waals surface area contributed by atoms with Gasteiger partial charge in [0.05, 0.1) is 16.5 Å². The first kappa shape index (κ1) is 16.9. The number of nitrogens with one attached hydrogen (secondary N) is 1. The Balaban J connectivity index is 2.27. The Kier molecular flexibility index (Phi) is 4.84. The molecular weight excluding hydrogens is 300 g/mol. The number of aliphatic hydroxyl groups excluding tert-OH is 1. The first-order valence-corrected chi connectivity index (χ1v) is 8.71. The number of benzene rings is 1. The second-order valence-corrected chi connectivity index (χ2v) is 8.10. The number of aliphatic hydroxyl groups is 1. The van der Waals surface area contributed by atoms with Crippen molar-refractivity contribution in [1.29, 1.82) is 0 Å². The first-order valence-electron chi connectivity index (χ1n) is 7.23. The van der Waals surface area contributed by atoms with Crippen molar-refractivity contribution in [3.8, 4) is 0 Å². The van der Waals surface area contributed by atoms with Crippen LogP contribution in [0.4, 0.5) is 0 Å². The summed E-state index contributed by atoms with van der Waals surface area (Å²) in [6.07, 6.45) is 1.69. The molecule has 1 heterocycles. The molecule has 5 nitrogen and oxygen atoms in total. The quantitative estimate of drug-likeness (QED) is 0.855. The van der Waals surface area contributed by atoms with E-state index in [0.29, 0.717) is 17.3 Å². The minimum absolute atomic E-state index is 0.228. The summed E-state index contributed by atoms with van der Waals surface area (Å²) >= 11 is 0. The highest BCUT2D eigenvalue weighted by molar-refractivity contribution is 7.89. The van der Waals surface area contributed by atoms with E-state index in [1.165, 1.54) is 0 Å². The van der Waals surface area contributed by atoms with Gasteiger partial charge in [-0.1, -0.05) is 19.9 Å². The number of hydrogen-bond donors (Lipinski definition) is 2. The average Bonchev–Trinajstić information content (AvgIpc) is 2.43. The van der Waals surface area contributed by atoms with Gasteiger partial charge in [-0.05, 0) is 43.0 Å². The summed E-state index contributed by atoms with van der Waals surface area (Å²) in [6.45, 7) is 5.81. The summed E-state index contributed by atoms with van der Waals surface area (Å²) in [6, 6.07) is 8.52. The summed E-state index contributed by atoms with van der Waals surface area (Å²) in [4.78, 5) is 4.41. The molecule has 1 atom stereocenters. The molecule has 0 unspecified atom stereocenters. The topological polar surface area (TPSA) is 79.3 Å². The third-order valence-electron chi connectivity index (χ3n) is 3.48. The highest BCUT2D eigenvalue weighted by Gasteiger charge is 2.24. The zero-order valence-electron chi connectivity index (χ0n) is 13.1. The molecule has 2 rings (SSSR count). The molecule has 0 amide bonds. The summed E-state index contributed by atoms with van der Waals surface area (Å²) in [5.74, 6) is 0. The lowest BCUT2D eigenvalue weighted by Crippen LogP contribution is -2.35. The average molecular weight is 322 g/mol. The van der Waals surface area contributed by atoms with Crippen LogP contribution in [0.2, 0.25) is 0 Å². The van der Waals surface area contributed by atoms with Gasteiger partial charge in [0.15, 0.2) is 0 Å². The van der Waals surface area contributed by atoms with E-state index >= 15 is 0 Å². The van der Waals surface area contributed by atoms with Crippen LogP contribution in [-0.2, 0) is 10.0 Å². The SMILES string of the molecule is C[C@@H](O)CC(C)(C)CNS(=O)(=O)c1cccc2ncccc12. The van der Waals surface area contributed by atoms with Gasteiger partial charge >= 0.3 is 0 Å². The first-order chi connectivity index (χ1) is 10.2. The van der Waals surface area contributed by atoms with E-state index in [1.54, 1.807) is 43.5 Å². The van der Waals surface area contributed by atoms with Crippen LogP contribution in [-0.4, -0.2) is 31.2 Å². The molecule has 1 aromatic heterocycles. The van der Waals surface area contributed by atoms with Crippen LogP contribution in [0.3, 0.4) is 0 Å². The lowest BCUT2D eigenvalue weighted by Gasteiger charge is -2.26. The highest BCUT2D eigenvalue weighted by atomic mass is 32.2. The van der Waals surface area contributed by atoms with Crippen LogP contribution in [0.15, 0.2) is 41.4 Å². The molecule has 0 aliphatic heterocycles. The van der Waals surface area contributed by atoms with Crippen molar-refractivity contribution < 1.29 is 13.5 Å². The fourth-order valence-corrected chi connectivity index (χ4v) is 4.01. The van der Waals surface area contributed by atoms with Crippen molar-refractivity contribution in [1.82, 2.24) is 9.71 Å². The Hall–Kier alpha value is -1.50. The van der Waals surface area contributed by atoms with Gasteiger partial charge in [-0.2, -0.15) is 0 Å². The zero-order chi connectivity index (χ0) is 16.4. The van der Waals surface area contributed by atoms with Gasteiger partial charge in [0.25, 0.3) is 0 Å².